The van der Waals surface area contributed by atoms with Crippen molar-refractivity contribution < 1.29 is 0 Å². The number of allylic oxidation sites excluding steroid dienone is 5. The van der Waals surface area contributed by atoms with Crippen molar-refractivity contribution in [2.45, 2.75) is 6.42 Å². The van der Waals surface area contributed by atoms with Crippen molar-refractivity contribution in [1.29, 1.82) is 0 Å². The molecule has 3 aliphatic rings. The molecular weight excluding hydrogens is 206 g/mol. The Morgan fingerprint density at radius 1 is 1.12 bits per heavy atom. The van der Waals surface area contributed by atoms with E-state index in [1.165, 1.54) is 21.6 Å². The number of hydrogen-bond donors (Lipinski definition) is 1. The van der Waals surface area contributed by atoms with Gasteiger partial charge in [-0.1, -0.05) is 48.6 Å². The lowest BCUT2D eigenvalue weighted by Crippen LogP contribution is -2.40. The van der Waals surface area contributed by atoms with Crippen LogP contribution in [-0.4, -0.2) is 0 Å². The van der Waals surface area contributed by atoms with Crippen LogP contribution in [0.4, 0.5) is 0 Å². The van der Waals surface area contributed by atoms with E-state index in [1.54, 1.807) is 0 Å². The van der Waals surface area contributed by atoms with E-state index >= 15 is 0 Å². The lowest BCUT2D eigenvalue weighted by Gasteiger charge is -2.35. The van der Waals surface area contributed by atoms with Crippen molar-refractivity contribution in [2.75, 3.05) is 0 Å². The molecule has 0 saturated heterocycles. The van der Waals surface area contributed by atoms with E-state index in [0.29, 0.717) is 0 Å². The van der Waals surface area contributed by atoms with Crippen molar-refractivity contribution >= 4 is 11.8 Å². The lowest BCUT2D eigenvalue weighted by molar-refractivity contribution is 0.628. The molecule has 0 amide bonds. The summed E-state index contributed by atoms with van der Waals surface area (Å²) in [6.45, 7) is 0. The lowest BCUT2D eigenvalue weighted by atomic mass is 9.69. The van der Waals surface area contributed by atoms with E-state index in [9.17, 15) is 0 Å². The fraction of sp³-hybridized carbons (Fsp3) is 0.125. The van der Waals surface area contributed by atoms with Gasteiger partial charge in [-0.25, -0.2) is 0 Å². The van der Waals surface area contributed by atoms with Crippen molar-refractivity contribution in [2.24, 2.45) is 5.41 Å². The second-order valence-electron chi connectivity index (χ2n) is 4.91. The molecule has 0 radical (unpaired) electrons. The van der Waals surface area contributed by atoms with Gasteiger partial charge in [0.1, 0.15) is 0 Å². The molecule has 0 spiro atoms. The molecule has 17 heavy (non-hydrogen) atoms. The third kappa shape index (κ3) is 1.14. The van der Waals surface area contributed by atoms with Gasteiger partial charge in [0.2, 0.25) is 0 Å². The Morgan fingerprint density at radius 3 is 3.12 bits per heavy atom. The first-order valence-corrected chi connectivity index (χ1v) is 6.01. The molecular formula is C16H13N. The van der Waals surface area contributed by atoms with Gasteiger partial charge in [-0.05, 0) is 34.2 Å². The molecule has 0 saturated carbocycles. The van der Waals surface area contributed by atoms with Gasteiger partial charge >= 0.3 is 0 Å². The van der Waals surface area contributed by atoms with Gasteiger partial charge in [-0.15, -0.1) is 0 Å². The summed E-state index contributed by atoms with van der Waals surface area (Å²) in [5.74, 6) is 0. The van der Waals surface area contributed by atoms with E-state index in [-0.39, 0.29) is 5.41 Å². The van der Waals surface area contributed by atoms with Gasteiger partial charge in [0.05, 0.1) is 0 Å². The molecule has 82 valence electrons. The number of benzene rings is 1. The molecule has 2 aliphatic carbocycles. The molecule has 1 nitrogen and oxygen atoms in total. The molecule has 4 rings (SSSR count). The van der Waals surface area contributed by atoms with Gasteiger partial charge < -0.3 is 5.32 Å². The minimum atomic E-state index is 0.0609. The maximum absolute atomic E-state index is 3.25. The zero-order chi connectivity index (χ0) is 11.3. The monoisotopic (exact) mass is 219 g/mol. The average Bonchev–Trinajstić information content (AvgIpc) is 2.36. The third-order valence-electron chi connectivity index (χ3n) is 3.89. The van der Waals surface area contributed by atoms with Crippen LogP contribution < -0.4 is 15.8 Å². The highest BCUT2D eigenvalue weighted by molar-refractivity contribution is 5.73. The Balaban J connectivity index is 2.26. The van der Waals surface area contributed by atoms with E-state index < -0.39 is 0 Å². The van der Waals surface area contributed by atoms with E-state index in [0.717, 1.165) is 6.42 Å². The van der Waals surface area contributed by atoms with Crippen LogP contribution in [0.25, 0.3) is 11.8 Å². The van der Waals surface area contributed by atoms with Crippen LogP contribution >= 0.6 is 0 Å². The average molecular weight is 219 g/mol. The predicted molar refractivity (Wildman–Crippen MR) is 70.3 cm³/mol. The van der Waals surface area contributed by atoms with Gasteiger partial charge in [-0.2, -0.15) is 0 Å². The highest BCUT2D eigenvalue weighted by atomic mass is 14.8. The van der Waals surface area contributed by atoms with E-state index in [2.05, 4.69) is 66.3 Å². The normalized spacial score (nSPS) is 30.8. The van der Waals surface area contributed by atoms with Crippen LogP contribution in [0.3, 0.4) is 0 Å². The summed E-state index contributed by atoms with van der Waals surface area (Å²) in [7, 11) is 0. The van der Waals surface area contributed by atoms with Crippen molar-refractivity contribution in [3.05, 3.63) is 70.8 Å². The van der Waals surface area contributed by atoms with Crippen molar-refractivity contribution in [3.8, 4) is 0 Å². The topological polar surface area (TPSA) is 12.0 Å². The fourth-order valence-electron chi connectivity index (χ4n) is 3.07. The van der Waals surface area contributed by atoms with Crippen molar-refractivity contribution in [3.63, 3.8) is 0 Å². The molecule has 0 aromatic heterocycles. The standard InChI is InChI=1S/C16H13N/c1-2-6-16-7-8-17-11-13-5-4-12(10-16)9-14(13)15(16)3-1/h1-9,11,17H,10H2/b8-7-,13-11-. The number of rotatable bonds is 0. The minimum Gasteiger partial charge on any atom is -0.367 e. The fourth-order valence-corrected chi connectivity index (χ4v) is 3.07. The van der Waals surface area contributed by atoms with Crippen LogP contribution in [0.2, 0.25) is 0 Å². The van der Waals surface area contributed by atoms with Gasteiger partial charge in [-0.3, -0.25) is 0 Å². The summed E-state index contributed by atoms with van der Waals surface area (Å²) in [5, 5.41) is 5.90. The quantitative estimate of drug-likeness (QED) is 0.694. The zero-order valence-corrected chi connectivity index (χ0v) is 9.48. The Bertz CT molecular complexity index is 704. The second-order valence-corrected chi connectivity index (χ2v) is 4.91. The van der Waals surface area contributed by atoms with Crippen molar-refractivity contribution in [1.82, 2.24) is 5.32 Å². The summed E-state index contributed by atoms with van der Waals surface area (Å²) in [6.07, 6.45) is 16.3. The zero-order valence-electron chi connectivity index (χ0n) is 9.48. The first-order chi connectivity index (χ1) is 8.37. The summed E-state index contributed by atoms with van der Waals surface area (Å²) >= 11 is 0. The van der Waals surface area contributed by atoms with Crippen LogP contribution in [-0.2, 0) is 6.42 Å². The largest absolute Gasteiger partial charge is 0.367 e. The van der Waals surface area contributed by atoms with Crippen LogP contribution in [0.15, 0.2) is 54.8 Å². The number of hydrogen-bond acceptors (Lipinski definition) is 1. The maximum atomic E-state index is 3.25. The SMILES string of the molecule is C1=CC2=c3cc4cc/c3=C/N/C=C\C2(C=C1)C4. The number of fused-ring (bicyclic) bond motifs is 1. The summed E-state index contributed by atoms with van der Waals surface area (Å²) in [5.41, 5.74) is 2.91. The maximum Gasteiger partial charge on any atom is 0.0378 e. The molecule has 0 fully saturated rings. The van der Waals surface area contributed by atoms with E-state index in [4.69, 9.17) is 0 Å². The van der Waals surface area contributed by atoms with Crippen LogP contribution in [0.1, 0.15) is 5.56 Å². The van der Waals surface area contributed by atoms with Gasteiger partial charge in [0, 0.05) is 11.6 Å². The molecule has 1 aromatic carbocycles. The molecule has 1 heterocycles. The highest BCUT2D eigenvalue weighted by Gasteiger charge is 2.32. The Kier molecular flexibility index (Phi) is 1.60. The molecule has 1 atom stereocenters. The van der Waals surface area contributed by atoms with Crippen LogP contribution in [0.5, 0.6) is 0 Å². The highest BCUT2D eigenvalue weighted by Crippen LogP contribution is 2.40. The third-order valence-corrected chi connectivity index (χ3v) is 3.89. The number of nitrogens with one attached hydrogen (secondary N) is 1. The molecule has 1 unspecified atom stereocenters. The first-order valence-electron chi connectivity index (χ1n) is 6.01. The van der Waals surface area contributed by atoms with E-state index in [1.807, 2.05) is 0 Å². The molecule has 1 aromatic rings. The molecule has 1 aliphatic heterocycles. The Labute approximate surface area is 100 Å². The summed E-state index contributed by atoms with van der Waals surface area (Å²) in [4.78, 5) is 0. The Morgan fingerprint density at radius 2 is 2.12 bits per heavy atom. The van der Waals surface area contributed by atoms with Gasteiger partial charge in [0.15, 0.2) is 0 Å². The summed E-state index contributed by atoms with van der Waals surface area (Å²) in [6, 6.07) is 6.77. The first kappa shape index (κ1) is 9.06. The minimum absolute atomic E-state index is 0.0609. The van der Waals surface area contributed by atoms with Gasteiger partial charge in [0.25, 0.3) is 0 Å². The summed E-state index contributed by atoms with van der Waals surface area (Å²) < 4.78 is 0. The smallest absolute Gasteiger partial charge is 0.0378 e. The molecule has 3 bridgehead atoms. The second kappa shape index (κ2) is 3.01. The predicted octanol–water partition coefficient (Wildman–Crippen LogP) is 1.36. The van der Waals surface area contributed by atoms with Crippen LogP contribution in [0, 0.1) is 5.41 Å². The molecule has 1 N–H and O–H groups in total. The Hall–Kier alpha value is -2.02. The molecule has 1 heteroatoms.